The number of rotatable bonds is 6. The first-order valence-corrected chi connectivity index (χ1v) is 9.79. The SMILES string of the molecule is CCN(C)/C=N\c1cc(C)c(Oc2snc(-c3ccccc3)c2C#N)cc1C. The van der Waals surface area contributed by atoms with Gasteiger partial charge in [0.2, 0.25) is 5.06 Å². The van der Waals surface area contributed by atoms with Crippen molar-refractivity contribution in [1.82, 2.24) is 9.27 Å². The smallest absolute Gasteiger partial charge is 0.218 e. The average molecular weight is 391 g/mol. The first-order chi connectivity index (χ1) is 13.5. The predicted molar refractivity (Wildman–Crippen MR) is 115 cm³/mol. The molecule has 1 aromatic heterocycles. The van der Waals surface area contributed by atoms with Crippen LogP contribution in [-0.4, -0.2) is 29.2 Å². The molecule has 0 N–H and O–H groups in total. The number of nitrogens with zero attached hydrogens (tertiary/aromatic N) is 4. The van der Waals surface area contributed by atoms with Crippen LogP contribution in [-0.2, 0) is 0 Å². The van der Waals surface area contributed by atoms with Crippen LogP contribution in [0.5, 0.6) is 10.8 Å². The molecule has 5 nitrogen and oxygen atoms in total. The zero-order valence-corrected chi connectivity index (χ0v) is 17.2. The first kappa shape index (κ1) is 19.6. The van der Waals surface area contributed by atoms with Gasteiger partial charge in [0.1, 0.15) is 23.1 Å². The largest absolute Gasteiger partial charge is 0.443 e. The van der Waals surface area contributed by atoms with Gasteiger partial charge < -0.3 is 9.64 Å². The number of aromatic nitrogens is 1. The van der Waals surface area contributed by atoms with E-state index in [2.05, 4.69) is 22.4 Å². The highest BCUT2D eigenvalue weighted by Gasteiger charge is 2.18. The summed E-state index contributed by atoms with van der Waals surface area (Å²) in [6.45, 7) is 6.95. The van der Waals surface area contributed by atoms with Crippen LogP contribution in [0.2, 0.25) is 0 Å². The van der Waals surface area contributed by atoms with E-state index in [9.17, 15) is 5.26 Å². The topological polar surface area (TPSA) is 61.5 Å². The molecule has 1 heterocycles. The maximum Gasteiger partial charge on any atom is 0.218 e. The Balaban J connectivity index is 1.91. The summed E-state index contributed by atoms with van der Waals surface area (Å²) >= 11 is 1.20. The summed E-state index contributed by atoms with van der Waals surface area (Å²) in [5, 5.41) is 10.2. The van der Waals surface area contributed by atoms with Crippen molar-refractivity contribution in [3.05, 3.63) is 59.2 Å². The van der Waals surface area contributed by atoms with Crippen LogP contribution in [0, 0.1) is 25.2 Å². The third kappa shape index (κ3) is 4.21. The van der Waals surface area contributed by atoms with Crippen molar-refractivity contribution in [1.29, 1.82) is 5.26 Å². The molecule has 3 aromatic rings. The van der Waals surface area contributed by atoms with Gasteiger partial charge in [-0.25, -0.2) is 4.99 Å². The van der Waals surface area contributed by atoms with E-state index < -0.39 is 0 Å². The molecule has 6 heteroatoms. The van der Waals surface area contributed by atoms with Crippen LogP contribution >= 0.6 is 11.5 Å². The Labute approximate surface area is 169 Å². The molecule has 0 saturated heterocycles. The number of nitriles is 1. The number of hydrogen-bond donors (Lipinski definition) is 0. The second-order valence-corrected chi connectivity index (χ2v) is 7.23. The molecule has 0 aliphatic rings. The van der Waals surface area contributed by atoms with Gasteiger partial charge in [-0.05, 0) is 44.0 Å². The van der Waals surface area contributed by atoms with Crippen LogP contribution in [0.15, 0.2) is 47.5 Å². The molecule has 142 valence electrons. The lowest BCUT2D eigenvalue weighted by molar-refractivity contribution is 0.491. The molecule has 0 aliphatic heterocycles. The zero-order valence-electron chi connectivity index (χ0n) is 16.4. The maximum absolute atomic E-state index is 9.65. The molecule has 28 heavy (non-hydrogen) atoms. The molecule has 0 amide bonds. The summed E-state index contributed by atoms with van der Waals surface area (Å²) in [5.74, 6) is 0.708. The number of benzene rings is 2. The van der Waals surface area contributed by atoms with Gasteiger partial charge >= 0.3 is 0 Å². The fourth-order valence-electron chi connectivity index (χ4n) is 2.60. The van der Waals surface area contributed by atoms with Gasteiger partial charge in [0.25, 0.3) is 0 Å². The molecular weight excluding hydrogens is 368 g/mol. The van der Waals surface area contributed by atoms with Crippen LogP contribution in [0.3, 0.4) is 0 Å². The molecule has 0 spiro atoms. The lowest BCUT2D eigenvalue weighted by atomic mass is 10.1. The van der Waals surface area contributed by atoms with Crippen molar-refractivity contribution in [2.45, 2.75) is 20.8 Å². The summed E-state index contributed by atoms with van der Waals surface area (Å²) in [5.41, 5.74) is 4.88. The Morgan fingerprint density at radius 3 is 2.64 bits per heavy atom. The van der Waals surface area contributed by atoms with Crippen molar-refractivity contribution >= 4 is 23.6 Å². The summed E-state index contributed by atoms with van der Waals surface area (Å²) < 4.78 is 10.5. The van der Waals surface area contributed by atoms with Crippen molar-refractivity contribution < 1.29 is 4.74 Å². The van der Waals surface area contributed by atoms with E-state index >= 15 is 0 Å². The van der Waals surface area contributed by atoms with Crippen molar-refractivity contribution in [2.24, 2.45) is 4.99 Å². The van der Waals surface area contributed by atoms with E-state index in [1.54, 1.807) is 0 Å². The molecule has 0 bridgehead atoms. The van der Waals surface area contributed by atoms with Gasteiger partial charge in [0.15, 0.2) is 0 Å². The minimum atomic E-state index is 0.458. The minimum Gasteiger partial charge on any atom is -0.443 e. The Kier molecular flexibility index (Phi) is 6.07. The zero-order chi connectivity index (χ0) is 20.1. The molecule has 0 radical (unpaired) electrons. The summed E-state index contributed by atoms with van der Waals surface area (Å²) in [6, 6.07) is 15.9. The van der Waals surface area contributed by atoms with Gasteiger partial charge in [-0.1, -0.05) is 30.3 Å². The first-order valence-electron chi connectivity index (χ1n) is 9.02. The molecule has 2 aromatic carbocycles. The summed E-state index contributed by atoms with van der Waals surface area (Å²) in [6.07, 6.45) is 1.82. The highest BCUT2D eigenvalue weighted by Crippen LogP contribution is 2.38. The fraction of sp³-hybridized carbons (Fsp3) is 0.227. The Morgan fingerprint density at radius 2 is 1.96 bits per heavy atom. The average Bonchev–Trinajstić information content (AvgIpc) is 3.12. The van der Waals surface area contributed by atoms with Gasteiger partial charge in [-0.15, -0.1) is 0 Å². The van der Waals surface area contributed by atoms with Gasteiger partial charge in [0.05, 0.1) is 12.0 Å². The molecule has 0 aliphatic carbocycles. The minimum absolute atomic E-state index is 0.458. The van der Waals surface area contributed by atoms with E-state index in [4.69, 9.17) is 4.74 Å². The van der Waals surface area contributed by atoms with Crippen LogP contribution in [0.1, 0.15) is 23.6 Å². The van der Waals surface area contributed by atoms with Crippen molar-refractivity contribution in [3.63, 3.8) is 0 Å². The monoisotopic (exact) mass is 390 g/mol. The van der Waals surface area contributed by atoms with Crippen molar-refractivity contribution in [2.75, 3.05) is 13.6 Å². The normalized spacial score (nSPS) is 10.8. The molecular formula is C22H22N4OS. The number of aliphatic imine (C=N–C) groups is 1. The highest BCUT2D eigenvalue weighted by atomic mass is 32.1. The summed E-state index contributed by atoms with van der Waals surface area (Å²) in [7, 11) is 1.99. The standard InChI is InChI=1S/C22H22N4OS/c1-5-26(4)14-24-19-11-16(3)20(12-15(19)2)27-22-18(13-23)21(25-28-22)17-9-7-6-8-10-17/h6-12,14H,5H2,1-4H3/b24-14-. The Morgan fingerprint density at radius 1 is 1.21 bits per heavy atom. The second kappa shape index (κ2) is 8.68. The highest BCUT2D eigenvalue weighted by molar-refractivity contribution is 7.08. The lowest BCUT2D eigenvalue weighted by Gasteiger charge is -2.12. The number of ether oxygens (including phenoxy) is 1. The number of hydrogen-bond acceptors (Lipinski definition) is 5. The summed E-state index contributed by atoms with van der Waals surface area (Å²) in [4.78, 5) is 6.56. The lowest BCUT2D eigenvalue weighted by Crippen LogP contribution is -2.14. The van der Waals surface area contributed by atoms with Crippen LogP contribution in [0.4, 0.5) is 5.69 Å². The van der Waals surface area contributed by atoms with E-state index in [0.29, 0.717) is 22.1 Å². The van der Waals surface area contributed by atoms with E-state index in [1.165, 1.54) is 11.5 Å². The van der Waals surface area contributed by atoms with Crippen molar-refractivity contribution in [3.8, 4) is 28.1 Å². The van der Waals surface area contributed by atoms with Gasteiger partial charge in [-0.2, -0.15) is 9.64 Å². The number of aryl methyl sites for hydroxylation is 2. The van der Waals surface area contributed by atoms with E-state index in [-0.39, 0.29) is 0 Å². The van der Waals surface area contributed by atoms with Crippen LogP contribution < -0.4 is 4.74 Å². The van der Waals surface area contributed by atoms with Crippen LogP contribution in [0.25, 0.3) is 11.3 Å². The third-order valence-electron chi connectivity index (χ3n) is 4.41. The Hall–Kier alpha value is -3.17. The molecule has 3 rings (SSSR count). The van der Waals surface area contributed by atoms with E-state index in [0.717, 1.165) is 28.9 Å². The second-order valence-electron chi connectivity index (χ2n) is 6.50. The quantitative estimate of drug-likeness (QED) is 0.400. The molecule has 0 unspecified atom stereocenters. The third-order valence-corrected chi connectivity index (χ3v) is 5.14. The fourth-order valence-corrected chi connectivity index (χ4v) is 3.33. The Bertz CT molecular complexity index is 1030. The van der Waals surface area contributed by atoms with Gasteiger partial charge in [-0.3, -0.25) is 0 Å². The molecule has 0 saturated carbocycles. The van der Waals surface area contributed by atoms with Gasteiger partial charge in [0, 0.05) is 30.7 Å². The molecule has 0 atom stereocenters. The molecule has 0 fully saturated rings. The predicted octanol–water partition coefficient (Wildman–Crippen LogP) is 5.70. The van der Waals surface area contributed by atoms with E-state index in [1.807, 2.05) is 74.6 Å². The maximum atomic E-state index is 9.65.